The molecule has 0 aliphatic carbocycles. The topological polar surface area (TPSA) is 205 Å². The first-order valence-corrected chi connectivity index (χ1v) is 19.4. The van der Waals surface area contributed by atoms with E-state index in [1.165, 1.54) is 17.0 Å². The number of piperidine rings is 2. The molecule has 17 heteroatoms. The summed E-state index contributed by atoms with van der Waals surface area (Å²) >= 11 is 3.52. The number of hydrogen-bond acceptors (Lipinski definition) is 10. The van der Waals surface area contributed by atoms with Crippen molar-refractivity contribution in [3.05, 3.63) is 112 Å². The van der Waals surface area contributed by atoms with Gasteiger partial charge in [-0.1, -0.05) is 38.3 Å². The number of ether oxygens (including phenoxy) is 1. The highest BCUT2D eigenvalue weighted by Gasteiger charge is 2.40. The van der Waals surface area contributed by atoms with Gasteiger partial charge in [0.15, 0.2) is 6.20 Å². The summed E-state index contributed by atoms with van der Waals surface area (Å²) in [4.78, 5) is 51.1. The molecule has 0 bridgehead atoms. The number of amides is 1. The zero-order chi connectivity index (χ0) is 39.9. The van der Waals surface area contributed by atoms with E-state index in [2.05, 4.69) is 72.2 Å². The van der Waals surface area contributed by atoms with E-state index >= 15 is 0 Å². The van der Waals surface area contributed by atoms with E-state index in [4.69, 9.17) is 20.2 Å². The van der Waals surface area contributed by atoms with Crippen molar-refractivity contribution in [1.82, 2.24) is 19.4 Å². The van der Waals surface area contributed by atoms with E-state index in [0.717, 1.165) is 64.8 Å². The lowest BCUT2D eigenvalue weighted by atomic mass is 9.82. The standard InChI is InChI=1S/C28H37BrN4O3.C10H13N5O4/c1-5-36-30-26(22-6-8-24(29)9-7-22)23-11-15-32(16-12-23)28(4)13-18-31(19-14-28)27(34)25-20(2)10-17-33(35)21(25)3;1-5-3-15(10(18)12-9(5)17)8-2-6(13-14-11)7(4-16)19-8/h6-10,17,23H,5,11-16,18-19H2,1-4H3;3,6-8,16H,2,4H2,1H3,(H,12,17,18)/b30-26+;/t;6-,7+,8+/m.0/s1. The molecule has 3 atom stereocenters. The lowest BCUT2D eigenvalue weighted by Crippen LogP contribution is -2.57. The Hall–Kier alpha value is -4.54. The van der Waals surface area contributed by atoms with E-state index < -0.39 is 29.6 Å². The number of halogens is 1. The molecule has 55 heavy (non-hydrogen) atoms. The summed E-state index contributed by atoms with van der Waals surface area (Å²) in [5, 5.41) is 29.2. The molecule has 0 unspecified atom stereocenters. The maximum absolute atomic E-state index is 13.3. The van der Waals surface area contributed by atoms with Gasteiger partial charge in [-0.25, -0.2) is 4.79 Å². The van der Waals surface area contributed by atoms with Crippen molar-refractivity contribution in [2.75, 3.05) is 39.4 Å². The number of aromatic nitrogens is 3. The summed E-state index contributed by atoms with van der Waals surface area (Å²) < 4.78 is 8.53. The Morgan fingerprint density at radius 3 is 2.42 bits per heavy atom. The lowest BCUT2D eigenvalue weighted by molar-refractivity contribution is -0.612. The number of hydrogen-bond donors (Lipinski definition) is 2. The molecule has 3 aliphatic heterocycles. The maximum atomic E-state index is 13.3. The number of aliphatic hydroxyl groups excluding tert-OH is 1. The van der Waals surface area contributed by atoms with Gasteiger partial charge >= 0.3 is 5.69 Å². The highest BCUT2D eigenvalue weighted by Crippen LogP contribution is 2.35. The van der Waals surface area contributed by atoms with Gasteiger partial charge in [0.05, 0.1) is 24.5 Å². The number of azide groups is 1. The number of rotatable bonds is 9. The molecule has 2 aromatic heterocycles. The Bertz CT molecular complexity index is 2010. The summed E-state index contributed by atoms with van der Waals surface area (Å²) in [5.41, 5.74) is 11.9. The van der Waals surface area contributed by atoms with Gasteiger partial charge < -0.3 is 24.8 Å². The summed E-state index contributed by atoms with van der Waals surface area (Å²) in [7, 11) is 0. The molecule has 3 fully saturated rings. The first-order valence-electron chi connectivity index (χ1n) is 18.6. The van der Waals surface area contributed by atoms with E-state index in [1.54, 1.807) is 19.9 Å². The average Bonchev–Trinajstić information content (AvgIpc) is 3.59. The van der Waals surface area contributed by atoms with Gasteiger partial charge in [0.25, 0.3) is 11.5 Å². The fourth-order valence-corrected chi connectivity index (χ4v) is 7.87. The van der Waals surface area contributed by atoms with Crippen LogP contribution in [-0.2, 0) is 9.57 Å². The number of aryl methyl sites for hydroxylation is 2. The van der Waals surface area contributed by atoms with Crippen molar-refractivity contribution in [2.45, 2.75) is 90.6 Å². The smallest absolute Gasteiger partial charge is 0.330 e. The number of pyridine rings is 1. The minimum atomic E-state index is -0.671. The van der Waals surface area contributed by atoms with Crippen molar-refractivity contribution in [2.24, 2.45) is 16.2 Å². The van der Waals surface area contributed by atoms with Gasteiger partial charge in [-0.2, -0.15) is 4.73 Å². The molecule has 3 aromatic rings. The second-order valence-corrected chi connectivity index (χ2v) is 15.5. The molecular formula is C38H50BrN9O7. The number of nitrogens with one attached hydrogen (secondary N) is 1. The predicted octanol–water partition coefficient (Wildman–Crippen LogP) is 4.65. The largest absolute Gasteiger partial charge is 0.618 e. The molecule has 1 amide bonds. The SMILES string of the molecule is CCO/N=C(\c1ccc(Br)cc1)C1CCN(C2(C)CCN(C(=O)c3c(C)cc[n+]([O-])c3C)CC2)CC1.Cc1cn([C@H]2C[C@H](N=[N+]=[N-])[C@@H](CO)O2)c(=O)[nH]c1=O. The van der Waals surface area contributed by atoms with Crippen LogP contribution in [0.15, 0.2) is 67.1 Å². The Labute approximate surface area is 328 Å². The second-order valence-electron chi connectivity index (χ2n) is 14.5. The Kier molecular flexibility index (Phi) is 13.9. The molecule has 296 valence electrons. The monoisotopic (exact) mass is 823 g/mol. The number of oxime groups is 1. The summed E-state index contributed by atoms with van der Waals surface area (Å²) in [6, 6.07) is 9.50. The van der Waals surface area contributed by atoms with E-state index in [1.807, 2.05) is 18.7 Å². The molecule has 2 N–H and O–H groups in total. The van der Waals surface area contributed by atoms with Crippen LogP contribution < -0.4 is 16.0 Å². The van der Waals surface area contributed by atoms with Crippen LogP contribution in [0.4, 0.5) is 0 Å². The Morgan fingerprint density at radius 1 is 1.13 bits per heavy atom. The first kappa shape index (κ1) is 41.6. The highest BCUT2D eigenvalue weighted by atomic mass is 79.9. The Morgan fingerprint density at radius 2 is 1.80 bits per heavy atom. The van der Waals surface area contributed by atoms with Crippen molar-refractivity contribution in [3.8, 4) is 0 Å². The number of aromatic amines is 1. The molecule has 16 nitrogen and oxygen atoms in total. The van der Waals surface area contributed by atoms with Crippen LogP contribution in [0.1, 0.15) is 84.9 Å². The van der Waals surface area contributed by atoms with Crippen molar-refractivity contribution in [3.63, 3.8) is 0 Å². The highest BCUT2D eigenvalue weighted by molar-refractivity contribution is 9.10. The van der Waals surface area contributed by atoms with Crippen molar-refractivity contribution < 1.29 is 24.2 Å². The molecule has 3 aliphatic rings. The number of likely N-dealkylation sites (tertiary alicyclic amines) is 2. The van der Waals surface area contributed by atoms with Crippen molar-refractivity contribution >= 4 is 27.5 Å². The van der Waals surface area contributed by atoms with Crippen LogP contribution in [0.25, 0.3) is 10.4 Å². The number of aliphatic hydroxyl groups is 1. The fraction of sp³-hybridized carbons (Fsp3) is 0.553. The van der Waals surface area contributed by atoms with Gasteiger partial charge in [-0.15, -0.1) is 0 Å². The minimum absolute atomic E-state index is 0.0257. The van der Waals surface area contributed by atoms with Crippen LogP contribution in [-0.4, -0.2) is 93.2 Å². The van der Waals surface area contributed by atoms with Crippen LogP contribution in [0, 0.1) is 31.9 Å². The van der Waals surface area contributed by atoms with Gasteiger partial charge in [0, 0.05) is 65.1 Å². The molecule has 0 spiro atoms. The van der Waals surface area contributed by atoms with Crippen LogP contribution >= 0.6 is 15.9 Å². The fourth-order valence-electron chi connectivity index (χ4n) is 7.61. The average molecular weight is 825 g/mol. The van der Waals surface area contributed by atoms with Gasteiger partial charge in [-0.3, -0.25) is 24.0 Å². The predicted molar refractivity (Wildman–Crippen MR) is 210 cm³/mol. The van der Waals surface area contributed by atoms with E-state index in [0.29, 0.717) is 42.4 Å². The molecule has 3 saturated heterocycles. The molecular weight excluding hydrogens is 774 g/mol. The molecule has 6 rings (SSSR count). The molecule has 1 aromatic carbocycles. The second kappa shape index (κ2) is 18.4. The number of nitrogens with zero attached hydrogens (tertiary/aromatic N) is 8. The zero-order valence-electron chi connectivity index (χ0n) is 32.0. The third-order valence-electron chi connectivity index (χ3n) is 11.0. The third-order valence-corrected chi connectivity index (χ3v) is 11.5. The summed E-state index contributed by atoms with van der Waals surface area (Å²) in [6.45, 7) is 13.2. The van der Waals surface area contributed by atoms with Crippen molar-refractivity contribution in [1.29, 1.82) is 0 Å². The minimum Gasteiger partial charge on any atom is -0.618 e. The Balaban J connectivity index is 0.000000256. The number of carbonyl (C=O) groups excluding carboxylic acids is 1. The number of H-pyrrole nitrogens is 1. The number of benzene rings is 1. The van der Waals surface area contributed by atoms with E-state index in [-0.39, 0.29) is 24.5 Å². The van der Waals surface area contributed by atoms with E-state index in [9.17, 15) is 19.6 Å². The van der Waals surface area contributed by atoms with Gasteiger partial charge in [0.1, 0.15) is 18.4 Å². The summed E-state index contributed by atoms with van der Waals surface area (Å²) in [5.74, 6) is 0.337. The zero-order valence-corrected chi connectivity index (χ0v) is 33.6. The maximum Gasteiger partial charge on any atom is 0.330 e. The van der Waals surface area contributed by atoms with Gasteiger partial charge in [-0.05, 0) is 95.3 Å². The lowest BCUT2D eigenvalue weighted by Gasteiger charge is -2.49. The molecule has 0 saturated carbocycles. The molecule has 5 heterocycles. The quantitative estimate of drug-likeness (QED) is 0.0590. The van der Waals surface area contributed by atoms with Crippen LogP contribution in [0.3, 0.4) is 0 Å². The third kappa shape index (κ3) is 9.65. The first-order chi connectivity index (χ1) is 26.3. The summed E-state index contributed by atoms with van der Waals surface area (Å²) in [6.07, 6.45) is 5.73. The van der Waals surface area contributed by atoms with Gasteiger partial charge in [0.2, 0.25) is 5.69 Å². The van der Waals surface area contributed by atoms with Crippen LogP contribution in [0.2, 0.25) is 0 Å². The number of carbonyl (C=O) groups is 1. The normalized spacial score (nSPS) is 21.7. The molecule has 0 radical (unpaired) electrons. The van der Waals surface area contributed by atoms with Crippen LogP contribution in [0.5, 0.6) is 0 Å².